The molecule has 0 aliphatic carbocycles. The number of piperazine rings is 1. The summed E-state index contributed by atoms with van der Waals surface area (Å²) >= 11 is 0. The Morgan fingerprint density at radius 3 is 2.71 bits per heavy atom. The minimum atomic E-state index is -0.584. The molecule has 1 unspecified atom stereocenters. The van der Waals surface area contributed by atoms with Crippen molar-refractivity contribution in [2.24, 2.45) is 0 Å². The van der Waals surface area contributed by atoms with Crippen LogP contribution in [-0.4, -0.2) is 46.5 Å². The molecule has 1 aliphatic heterocycles. The minimum Gasteiger partial charge on any atom is -0.385 e. The van der Waals surface area contributed by atoms with Gasteiger partial charge in [0.1, 0.15) is 6.10 Å². The first-order valence-corrected chi connectivity index (χ1v) is 4.83. The Hall–Kier alpha value is -1.14. The van der Waals surface area contributed by atoms with E-state index in [2.05, 4.69) is 25.4 Å². The standard InChI is InChI=1S/C8H15N5O/c1-6(14)7-10-8(12-11-7)13-4-2-9-3-5-13/h6,9,14H,2-5H2,1H3,(H,10,11,12). The minimum absolute atomic E-state index is 0.526. The maximum absolute atomic E-state index is 9.27. The molecule has 1 aromatic heterocycles. The van der Waals surface area contributed by atoms with Gasteiger partial charge in [-0.25, -0.2) is 0 Å². The van der Waals surface area contributed by atoms with Crippen LogP contribution in [0.15, 0.2) is 0 Å². The molecule has 3 N–H and O–H groups in total. The Morgan fingerprint density at radius 1 is 1.43 bits per heavy atom. The molecule has 0 saturated carbocycles. The summed E-state index contributed by atoms with van der Waals surface area (Å²) < 4.78 is 0. The van der Waals surface area contributed by atoms with Crippen LogP contribution >= 0.6 is 0 Å². The zero-order valence-corrected chi connectivity index (χ0v) is 8.19. The summed E-state index contributed by atoms with van der Waals surface area (Å²) in [5.41, 5.74) is 0. The molecular weight excluding hydrogens is 182 g/mol. The second-order valence-electron chi connectivity index (χ2n) is 3.43. The van der Waals surface area contributed by atoms with Crippen molar-refractivity contribution in [2.45, 2.75) is 13.0 Å². The van der Waals surface area contributed by atoms with E-state index in [4.69, 9.17) is 0 Å². The van der Waals surface area contributed by atoms with Crippen LogP contribution in [0, 0.1) is 0 Å². The molecule has 1 aromatic rings. The molecule has 0 bridgehead atoms. The van der Waals surface area contributed by atoms with Crippen molar-refractivity contribution in [2.75, 3.05) is 31.1 Å². The highest BCUT2D eigenvalue weighted by Gasteiger charge is 2.16. The van der Waals surface area contributed by atoms with Gasteiger partial charge in [-0.05, 0) is 6.92 Å². The van der Waals surface area contributed by atoms with Gasteiger partial charge in [-0.3, -0.25) is 5.10 Å². The highest BCUT2D eigenvalue weighted by Crippen LogP contribution is 2.11. The van der Waals surface area contributed by atoms with E-state index < -0.39 is 6.10 Å². The Bertz CT molecular complexity index is 292. The summed E-state index contributed by atoms with van der Waals surface area (Å²) in [6.07, 6.45) is -0.584. The van der Waals surface area contributed by atoms with Gasteiger partial charge in [0.05, 0.1) is 0 Å². The van der Waals surface area contributed by atoms with Crippen LogP contribution in [-0.2, 0) is 0 Å². The highest BCUT2D eigenvalue weighted by atomic mass is 16.3. The molecule has 6 nitrogen and oxygen atoms in total. The zero-order valence-electron chi connectivity index (χ0n) is 8.19. The molecule has 2 rings (SSSR count). The zero-order chi connectivity index (χ0) is 9.97. The number of aliphatic hydroxyl groups is 1. The fourth-order valence-electron chi connectivity index (χ4n) is 1.46. The van der Waals surface area contributed by atoms with Crippen LogP contribution in [0.5, 0.6) is 0 Å². The van der Waals surface area contributed by atoms with Crippen molar-refractivity contribution in [3.8, 4) is 0 Å². The number of aliphatic hydroxyl groups excluding tert-OH is 1. The van der Waals surface area contributed by atoms with Gasteiger partial charge in [-0.1, -0.05) is 0 Å². The van der Waals surface area contributed by atoms with Gasteiger partial charge < -0.3 is 15.3 Å². The molecule has 1 aliphatic rings. The smallest absolute Gasteiger partial charge is 0.244 e. The van der Waals surface area contributed by atoms with E-state index in [0.717, 1.165) is 26.2 Å². The number of hydrogen-bond acceptors (Lipinski definition) is 5. The number of rotatable bonds is 2. The van der Waals surface area contributed by atoms with Crippen molar-refractivity contribution >= 4 is 5.95 Å². The molecule has 1 saturated heterocycles. The van der Waals surface area contributed by atoms with Crippen LogP contribution < -0.4 is 10.2 Å². The van der Waals surface area contributed by atoms with E-state index in [0.29, 0.717) is 11.8 Å². The van der Waals surface area contributed by atoms with Crippen LogP contribution in [0.3, 0.4) is 0 Å². The maximum atomic E-state index is 9.27. The van der Waals surface area contributed by atoms with Gasteiger partial charge in [0.2, 0.25) is 5.95 Å². The largest absolute Gasteiger partial charge is 0.385 e. The van der Waals surface area contributed by atoms with Gasteiger partial charge in [-0.15, -0.1) is 5.10 Å². The maximum Gasteiger partial charge on any atom is 0.244 e. The average molecular weight is 197 g/mol. The summed E-state index contributed by atoms with van der Waals surface area (Å²) in [6.45, 7) is 5.41. The third kappa shape index (κ3) is 1.85. The SMILES string of the molecule is CC(O)c1nc(N2CCNCC2)n[nH]1. The average Bonchev–Trinajstić information content (AvgIpc) is 2.68. The van der Waals surface area contributed by atoms with E-state index in [1.54, 1.807) is 6.92 Å². The molecule has 6 heteroatoms. The van der Waals surface area contributed by atoms with E-state index in [9.17, 15) is 5.11 Å². The van der Waals surface area contributed by atoms with Crippen LogP contribution in [0.2, 0.25) is 0 Å². The molecule has 1 atom stereocenters. The Kier molecular flexibility index (Phi) is 2.64. The quantitative estimate of drug-likeness (QED) is 0.582. The molecule has 1 fully saturated rings. The molecule has 0 aromatic carbocycles. The first kappa shape index (κ1) is 9.42. The molecule has 2 heterocycles. The van der Waals surface area contributed by atoms with Crippen LogP contribution in [0.4, 0.5) is 5.95 Å². The van der Waals surface area contributed by atoms with E-state index in [1.807, 2.05) is 0 Å². The third-order valence-electron chi connectivity index (χ3n) is 2.29. The van der Waals surface area contributed by atoms with Gasteiger partial charge in [0, 0.05) is 26.2 Å². The molecule has 0 radical (unpaired) electrons. The lowest BCUT2D eigenvalue weighted by Gasteiger charge is -2.25. The Labute approximate surface area is 82.3 Å². The monoisotopic (exact) mass is 197 g/mol. The second-order valence-corrected chi connectivity index (χ2v) is 3.43. The summed E-state index contributed by atoms with van der Waals surface area (Å²) in [7, 11) is 0. The lowest BCUT2D eigenvalue weighted by molar-refractivity contribution is 0.189. The molecule has 78 valence electrons. The fourth-order valence-corrected chi connectivity index (χ4v) is 1.46. The summed E-state index contributed by atoms with van der Waals surface area (Å²) in [4.78, 5) is 6.31. The van der Waals surface area contributed by atoms with Crippen LogP contribution in [0.1, 0.15) is 18.9 Å². The topological polar surface area (TPSA) is 77.1 Å². The summed E-state index contributed by atoms with van der Waals surface area (Å²) in [5, 5.41) is 19.3. The number of anilines is 1. The van der Waals surface area contributed by atoms with E-state index in [1.165, 1.54) is 0 Å². The first-order chi connectivity index (χ1) is 6.77. The number of H-pyrrole nitrogens is 1. The fraction of sp³-hybridized carbons (Fsp3) is 0.750. The normalized spacial score (nSPS) is 19.7. The van der Waals surface area contributed by atoms with Crippen molar-refractivity contribution in [1.82, 2.24) is 20.5 Å². The van der Waals surface area contributed by atoms with Crippen molar-refractivity contribution in [3.05, 3.63) is 5.82 Å². The third-order valence-corrected chi connectivity index (χ3v) is 2.29. The van der Waals surface area contributed by atoms with Gasteiger partial charge in [0.25, 0.3) is 0 Å². The number of hydrogen-bond donors (Lipinski definition) is 3. The number of aromatic amines is 1. The Balaban J connectivity index is 2.07. The highest BCUT2D eigenvalue weighted by molar-refractivity contribution is 5.29. The summed E-state index contributed by atoms with van der Waals surface area (Å²) in [6, 6.07) is 0. The summed E-state index contributed by atoms with van der Waals surface area (Å²) in [5.74, 6) is 1.21. The van der Waals surface area contributed by atoms with Crippen molar-refractivity contribution in [1.29, 1.82) is 0 Å². The Morgan fingerprint density at radius 2 is 2.14 bits per heavy atom. The number of nitrogens with one attached hydrogen (secondary N) is 2. The van der Waals surface area contributed by atoms with Crippen molar-refractivity contribution < 1.29 is 5.11 Å². The van der Waals surface area contributed by atoms with Crippen LogP contribution in [0.25, 0.3) is 0 Å². The lowest BCUT2D eigenvalue weighted by Crippen LogP contribution is -2.44. The van der Waals surface area contributed by atoms with Gasteiger partial charge in [-0.2, -0.15) is 4.98 Å². The second kappa shape index (κ2) is 3.93. The van der Waals surface area contributed by atoms with Gasteiger partial charge in [0.15, 0.2) is 5.82 Å². The molecule has 14 heavy (non-hydrogen) atoms. The number of aromatic nitrogens is 3. The number of nitrogens with zero attached hydrogens (tertiary/aromatic N) is 3. The molecular formula is C8H15N5O. The van der Waals surface area contributed by atoms with E-state index in [-0.39, 0.29) is 0 Å². The van der Waals surface area contributed by atoms with Crippen molar-refractivity contribution in [3.63, 3.8) is 0 Å². The first-order valence-electron chi connectivity index (χ1n) is 4.83. The predicted octanol–water partition coefficient (Wildman–Crippen LogP) is -0.732. The molecule has 0 amide bonds. The lowest BCUT2D eigenvalue weighted by atomic mass is 10.4. The molecule has 0 spiro atoms. The van der Waals surface area contributed by atoms with E-state index >= 15 is 0 Å². The predicted molar refractivity (Wildman–Crippen MR) is 52.1 cm³/mol. The van der Waals surface area contributed by atoms with Gasteiger partial charge >= 0.3 is 0 Å².